The van der Waals surface area contributed by atoms with Crippen LogP contribution in [0.1, 0.15) is 49.1 Å². The van der Waals surface area contributed by atoms with Crippen LogP contribution in [0.4, 0.5) is 0 Å². The second kappa shape index (κ2) is 6.05. The first kappa shape index (κ1) is 15.6. The van der Waals surface area contributed by atoms with Crippen molar-refractivity contribution in [2.75, 3.05) is 0 Å². The van der Waals surface area contributed by atoms with Gasteiger partial charge in [-0.15, -0.1) is 11.3 Å². The molecule has 6 heteroatoms. The van der Waals surface area contributed by atoms with E-state index in [4.69, 9.17) is 10.2 Å². The maximum absolute atomic E-state index is 13.1. The van der Waals surface area contributed by atoms with Crippen molar-refractivity contribution in [3.63, 3.8) is 0 Å². The van der Waals surface area contributed by atoms with Crippen molar-refractivity contribution < 1.29 is 0 Å². The van der Waals surface area contributed by atoms with E-state index in [1.807, 2.05) is 25.3 Å². The molecule has 0 aromatic carbocycles. The first-order valence-corrected chi connectivity index (χ1v) is 9.31. The van der Waals surface area contributed by atoms with Crippen LogP contribution in [-0.4, -0.2) is 14.8 Å². The summed E-state index contributed by atoms with van der Waals surface area (Å²) in [7, 11) is 0. The molecule has 0 radical (unpaired) electrons. The molecule has 1 aliphatic rings. The molecule has 1 atom stereocenters. The Balaban J connectivity index is 2.24. The minimum Gasteiger partial charge on any atom is -0.284 e. The maximum Gasteiger partial charge on any atom is 0.263 e. The average molecular weight is 333 g/mol. The smallest absolute Gasteiger partial charge is 0.263 e. The molecule has 0 unspecified atom stereocenters. The number of nitrogens with zero attached hydrogens (tertiary/aromatic N) is 3. The van der Waals surface area contributed by atoms with Crippen LogP contribution in [0, 0.1) is 25.2 Å². The third kappa shape index (κ3) is 2.57. The van der Waals surface area contributed by atoms with Gasteiger partial charge in [0.15, 0.2) is 5.16 Å². The molecule has 116 valence electrons. The highest BCUT2D eigenvalue weighted by molar-refractivity contribution is 8.00. The Morgan fingerprint density at radius 2 is 2.09 bits per heavy atom. The number of hydrogen-bond donors (Lipinski definition) is 0. The van der Waals surface area contributed by atoms with Gasteiger partial charge in [-0.2, -0.15) is 5.26 Å². The highest BCUT2D eigenvalue weighted by Crippen LogP contribution is 2.35. The predicted octanol–water partition coefficient (Wildman–Crippen LogP) is 4.19. The highest BCUT2D eigenvalue weighted by atomic mass is 32.2. The molecular weight excluding hydrogens is 314 g/mol. The van der Waals surface area contributed by atoms with Gasteiger partial charge in [-0.05, 0) is 39.2 Å². The van der Waals surface area contributed by atoms with Crippen LogP contribution in [0.2, 0.25) is 0 Å². The lowest BCUT2D eigenvalue weighted by molar-refractivity contribution is 0.458. The summed E-state index contributed by atoms with van der Waals surface area (Å²) in [6.45, 7) is 5.89. The van der Waals surface area contributed by atoms with E-state index < -0.39 is 0 Å². The van der Waals surface area contributed by atoms with Crippen LogP contribution in [0.3, 0.4) is 0 Å². The molecule has 0 amide bonds. The van der Waals surface area contributed by atoms with E-state index in [1.54, 1.807) is 11.3 Å². The topological polar surface area (TPSA) is 58.7 Å². The second-order valence-electron chi connectivity index (χ2n) is 5.86. The summed E-state index contributed by atoms with van der Waals surface area (Å²) in [5.74, 6) is 0. The predicted molar refractivity (Wildman–Crippen MR) is 91.8 cm³/mol. The van der Waals surface area contributed by atoms with Crippen molar-refractivity contribution in [3.8, 4) is 6.07 Å². The summed E-state index contributed by atoms with van der Waals surface area (Å²) < 4.78 is 1.87. The molecular formula is C16H19N3OS2. The highest BCUT2D eigenvalue weighted by Gasteiger charge is 2.25. The number of aromatic nitrogens is 2. The molecule has 2 aromatic heterocycles. The number of thioether (sulfide) groups is 1. The number of aryl methyl sites for hydroxylation is 2. The van der Waals surface area contributed by atoms with Gasteiger partial charge in [-0.1, -0.05) is 24.6 Å². The minimum absolute atomic E-state index is 0.0754. The van der Waals surface area contributed by atoms with Gasteiger partial charge in [0.1, 0.15) is 4.83 Å². The zero-order chi connectivity index (χ0) is 15.9. The van der Waals surface area contributed by atoms with Gasteiger partial charge in [0.2, 0.25) is 0 Å². The van der Waals surface area contributed by atoms with E-state index in [1.165, 1.54) is 11.8 Å². The van der Waals surface area contributed by atoms with Gasteiger partial charge in [0.05, 0.1) is 16.7 Å². The lowest BCUT2D eigenvalue weighted by Crippen LogP contribution is -2.26. The zero-order valence-corrected chi connectivity index (χ0v) is 14.7. The Morgan fingerprint density at radius 3 is 2.73 bits per heavy atom. The third-order valence-corrected chi connectivity index (χ3v) is 6.42. The Kier molecular flexibility index (Phi) is 4.28. The normalized spacial score (nSPS) is 17.0. The monoisotopic (exact) mass is 333 g/mol. The summed E-state index contributed by atoms with van der Waals surface area (Å²) in [6.07, 6.45) is 4.39. The summed E-state index contributed by atoms with van der Waals surface area (Å²) >= 11 is 2.97. The van der Waals surface area contributed by atoms with E-state index >= 15 is 0 Å². The molecule has 0 N–H and O–H groups in total. The number of nitriles is 1. The van der Waals surface area contributed by atoms with Crippen LogP contribution in [-0.2, 0) is 0 Å². The van der Waals surface area contributed by atoms with Gasteiger partial charge >= 0.3 is 0 Å². The summed E-state index contributed by atoms with van der Waals surface area (Å²) in [5, 5.41) is 10.4. The van der Waals surface area contributed by atoms with Gasteiger partial charge in [-0.25, -0.2) is 4.98 Å². The first-order chi connectivity index (χ1) is 10.5. The number of thiophene rings is 1. The molecule has 0 bridgehead atoms. The van der Waals surface area contributed by atoms with Crippen LogP contribution in [0.15, 0.2) is 9.95 Å². The molecule has 1 saturated carbocycles. The van der Waals surface area contributed by atoms with Crippen LogP contribution < -0.4 is 5.56 Å². The quantitative estimate of drug-likeness (QED) is 0.624. The molecule has 22 heavy (non-hydrogen) atoms. The summed E-state index contributed by atoms with van der Waals surface area (Å²) in [6, 6.07) is 2.46. The molecule has 2 heterocycles. The van der Waals surface area contributed by atoms with Crippen molar-refractivity contribution in [2.45, 2.75) is 62.9 Å². The lowest BCUT2D eigenvalue weighted by Gasteiger charge is -2.18. The third-order valence-electron chi connectivity index (χ3n) is 4.36. The van der Waals surface area contributed by atoms with Gasteiger partial charge in [0, 0.05) is 10.9 Å². The molecule has 0 saturated heterocycles. The van der Waals surface area contributed by atoms with Crippen molar-refractivity contribution in [1.82, 2.24) is 9.55 Å². The zero-order valence-electron chi connectivity index (χ0n) is 13.0. The Hall–Kier alpha value is -1.32. The van der Waals surface area contributed by atoms with Crippen molar-refractivity contribution in [1.29, 1.82) is 5.26 Å². The fourth-order valence-corrected chi connectivity index (χ4v) is 4.98. The van der Waals surface area contributed by atoms with Crippen molar-refractivity contribution >= 4 is 33.3 Å². The summed E-state index contributed by atoms with van der Waals surface area (Å²) in [4.78, 5) is 19.8. The van der Waals surface area contributed by atoms with E-state index in [9.17, 15) is 4.79 Å². The van der Waals surface area contributed by atoms with Gasteiger partial charge in [0.25, 0.3) is 5.56 Å². The Labute approximate surface area is 138 Å². The molecule has 0 aliphatic heterocycles. The number of hydrogen-bond acceptors (Lipinski definition) is 5. The Bertz CT molecular complexity index is 809. The molecule has 2 aromatic rings. The first-order valence-electron chi connectivity index (χ1n) is 7.61. The standard InChI is InChI=1S/C16H19N3OS2/c1-9(8-17)21-16-18-14-13(10(2)11(3)22-14)15(20)19(16)12-6-4-5-7-12/h9,12H,4-7H2,1-3H3/t9-/m1/s1. The molecule has 3 rings (SSSR count). The number of rotatable bonds is 3. The van der Waals surface area contributed by atoms with E-state index in [-0.39, 0.29) is 16.9 Å². The SMILES string of the molecule is Cc1sc2nc(S[C@H](C)C#N)n(C3CCCC3)c(=O)c2c1C. The van der Waals surface area contributed by atoms with Crippen LogP contribution in [0.25, 0.3) is 10.2 Å². The van der Waals surface area contributed by atoms with Crippen molar-refractivity contribution in [2.24, 2.45) is 0 Å². The fraction of sp³-hybridized carbons (Fsp3) is 0.562. The van der Waals surface area contributed by atoms with E-state index in [0.29, 0.717) is 5.16 Å². The van der Waals surface area contributed by atoms with Crippen LogP contribution in [0.5, 0.6) is 0 Å². The largest absolute Gasteiger partial charge is 0.284 e. The Morgan fingerprint density at radius 1 is 1.41 bits per heavy atom. The van der Waals surface area contributed by atoms with Gasteiger partial charge < -0.3 is 0 Å². The van der Waals surface area contributed by atoms with E-state index in [0.717, 1.165) is 46.3 Å². The van der Waals surface area contributed by atoms with Gasteiger partial charge in [-0.3, -0.25) is 9.36 Å². The molecule has 0 spiro atoms. The molecule has 4 nitrogen and oxygen atoms in total. The van der Waals surface area contributed by atoms with Crippen molar-refractivity contribution in [3.05, 3.63) is 20.8 Å². The van der Waals surface area contributed by atoms with Crippen LogP contribution >= 0.6 is 23.1 Å². The average Bonchev–Trinajstić information content (AvgIpc) is 3.08. The summed E-state index contributed by atoms with van der Waals surface area (Å²) in [5.41, 5.74) is 1.13. The fourth-order valence-electron chi connectivity index (χ4n) is 3.04. The number of fused-ring (bicyclic) bond motifs is 1. The lowest BCUT2D eigenvalue weighted by atomic mass is 10.2. The maximum atomic E-state index is 13.1. The molecule has 1 fully saturated rings. The molecule has 1 aliphatic carbocycles. The van der Waals surface area contributed by atoms with E-state index in [2.05, 4.69) is 6.07 Å². The second-order valence-corrected chi connectivity index (χ2v) is 8.37. The minimum atomic E-state index is -0.209.